The van der Waals surface area contributed by atoms with Gasteiger partial charge in [-0.15, -0.1) is 5.10 Å². The van der Waals surface area contributed by atoms with Crippen LogP contribution in [0.15, 0.2) is 22.9 Å². The molecule has 4 rings (SSSR count). The van der Waals surface area contributed by atoms with E-state index < -0.39 is 0 Å². The molecule has 1 aromatic carbocycles. The second-order valence-electron chi connectivity index (χ2n) is 6.43. The van der Waals surface area contributed by atoms with Crippen LogP contribution in [0.3, 0.4) is 0 Å². The maximum Gasteiger partial charge on any atom is 0.231 e. The van der Waals surface area contributed by atoms with E-state index in [1.54, 1.807) is 20.4 Å². The number of methoxy groups -OCH3 is 2. The number of benzene rings is 1. The summed E-state index contributed by atoms with van der Waals surface area (Å²) in [5.41, 5.74) is 0. The summed E-state index contributed by atoms with van der Waals surface area (Å²) in [5, 5.41) is 14.5. The quantitative estimate of drug-likeness (QED) is 0.706. The molecule has 0 saturated carbocycles. The first-order valence-electron chi connectivity index (χ1n) is 8.62. The fraction of sp³-hybridized carbons (Fsp3) is 0.444. The summed E-state index contributed by atoms with van der Waals surface area (Å²) in [6, 6.07) is 3.88. The van der Waals surface area contributed by atoms with E-state index in [-0.39, 0.29) is 5.92 Å². The maximum atomic E-state index is 5.45. The molecule has 0 spiro atoms. The fourth-order valence-corrected chi connectivity index (χ4v) is 3.48. The van der Waals surface area contributed by atoms with Crippen LogP contribution in [0, 0.1) is 6.92 Å². The molecule has 0 radical (unpaired) electrons. The monoisotopic (exact) mass is 355 g/mol. The van der Waals surface area contributed by atoms with Gasteiger partial charge in [-0.1, -0.05) is 5.16 Å². The van der Waals surface area contributed by atoms with Crippen LogP contribution in [0.25, 0.3) is 10.8 Å². The van der Waals surface area contributed by atoms with Crippen molar-refractivity contribution in [3.05, 3.63) is 30.0 Å². The number of anilines is 1. The number of piperidine rings is 1. The Balaban J connectivity index is 1.71. The first-order valence-corrected chi connectivity index (χ1v) is 8.62. The average Bonchev–Trinajstić information content (AvgIpc) is 3.12. The third kappa shape index (κ3) is 2.91. The van der Waals surface area contributed by atoms with Crippen LogP contribution >= 0.6 is 0 Å². The van der Waals surface area contributed by atoms with Crippen molar-refractivity contribution in [3.63, 3.8) is 0 Å². The molecule has 0 amide bonds. The molecular formula is C18H21N5O3. The summed E-state index contributed by atoms with van der Waals surface area (Å²) in [6.45, 7) is 3.51. The normalized spacial score (nSPS) is 17.5. The number of aryl methyl sites for hydroxylation is 1. The van der Waals surface area contributed by atoms with Crippen molar-refractivity contribution >= 4 is 16.6 Å². The summed E-state index contributed by atoms with van der Waals surface area (Å²) >= 11 is 0. The zero-order valence-corrected chi connectivity index (χ0v) is 15.1. The molecule has 26 heavy (non-hydrogen) atoms. The molecule has 8 heteroatoms. The van der Waals surface area contributed by atoms with Gasteiger partial charge < -0.3 is 18.9 Å². The van der Waals surface area contributed by atoms with E-state index in [0.29, 0.717) is 23.2 Å². The van der Waals surface area contributed by atoms with Crippen LogP contribution in [0.4, 0.5) is 5.82 Å². The molecular weight excluding hydrogens is 334 g/mol. The van der Waals surface area contributed by atoms with E-state index in [0.717, 1.165) is 42.5 Å². The number of hydrogen-bond acceptors (Lipinski definition) is 8. The molecule has 1 aliphatic heterocycles. The third-order valence-electron chi connectivity index (χ3n) is 4.76. The summed E-state index contributed by atoms with van der Waals surface area (Å²) in [7, 11) is 3.26. The molecule has 1 aliphatic rings. The number of nitrogens with zero attached hydrogens (tertiary/aromatic N) is 5. The molecule has 3 heterocycles. The van der Waals surface area contributed by atoms with Gasteiger partial charge in [-0.05, 0) is 31.9 Å². The van der Waals surface area contributed by atoms with Crippen molar-refractivity contribution in [2.24, 2.45) is 0 Å². The second kappa shape index (κ2) is 6.78. The molecule has 1 fully saturated rings. The topological polar surface area (TPSA) is 86.4 Å². The minimum absolute atomic E-state index is 0.196. The Bertz CT molecular complexity index is 926. The van der Waals surface area contributed by atoms with Crippen LogP contribution in [-0.2, 0) is 0 Å². The molecule has 1 unspecified atom stereocenters. The summed E-state index contributed by atoms with van der Waals surface area (Å²) < 4.78 is 16.2. The molecule has 136 valence electrons. The molecule has 1 saturated heterocycles. The molecule has 8 nitrogen and oxygen atoms in total. The SMILES string of the molecule is COc1cc2cnnc(N3CCCC(c4nc(C)no4)C3)c2cc1OC. The van der Waals surface area contributed by atoms with Gasteiger partial charge in [0, 0.05) is 23.9 Å². The Morgan fingerprint density at radius 3 is 2.73 bits per heavy atom. The standard InChI is InChI=1S/C18H21N5O3/c1-11-20-18(26-22-11)12-5-4-6-23(10-12)17-14-8-16(25-3)15(24-2)7-13(14)9-19-21-17/h7-9,12H,4-6,10H2,1-3H3. The predicted molar refractivity (Wildman–Crippen MR) is 95.9 cm³/mol. The lowest BCUT2D eigenvalue weighted by Crippen LogP contribution is -2.35. The van der Waals surface area contributed by atoms with E-state index in [1.165, 1.54) is 0 Å². The van der Waals surface area contributed by atoms with Crippen LogP contribution in [-0.4, -0.2) is 47.6 Å². The van der Waals surface area contributed by atoms with Gasteiger partial charge in [-0.2, -0.15) is 10.1 Å². The molecule has 1 atom stereocenters. The highest BCUT2D eigenvalue weighted by molar-refractivity contribution is 5.94. The van der Waals surface area contributed by atoms with Crippen molar-refractivity contribution in [1.82, 2.24) is 20.3 Å². The number of ether oxygens (including phenoxy) is 2. The molecule has 0 bridgehead atoms. The van der Waals surface area contributed by atoms with E-state index in [4.69, 9.17) is 14.0 Å². The summed E-state index contributed by atoms with van der Waals surface area (Å²) in [6.07, 6.45) is 3.79. The highest BCUT2D eigenvalue weighted by Gasteiger charge is 2.27. The van der Waals surface area contributed by atoms with Crippen LogP contribution < -0.4 is 14.4 Å². The predicted octanol–water partition coefficient (Wildman–Crippen LogP) is 2.72. The lowest BCUT2D eigenvalue weighted by molar-refractivity contribution is 0.331. The summed E-state index contributed by atoms with van der Waals surface area (Å²) in [5.74, 6) is 3.75. The number of fused-ring (bicyclic) bond motifs is 1. The third-order valence-corrected chi connectivity index (χ3v) is 4.76. The van der Waals surface area contributed by atoms with Gasteiger partial charge in [0.15, 0.2) is 23.1 Å². The Hall–Kier alpha value is -2.90. The van der Waals surface area contributed by atoms with Gasteiger partial charge in [0.05, 0.1) is 26.3 Å². The molecule has 0 N–H and O–H groups in total. The maximum absolute atomic E-state index is 5.45. The molecule has 2 aromatic heterocycles. The number of aromatic nitrogens is 4. The van der Waals surface area contributed by atoms with Crippen molar-refractivity contribution in [3.8, 4) is 11.5 Å². The van der Waals surface area contributed by atoms with Crippen LogP contribution in [0.2, 0.25) is 0 Å². The molecule has 3 aromatic rings. The van der Waals surface area contributed by atoms with Gasteiger partial charge in [-0.3, -0.25) is 0 Å². The van der Waals surface area contributed by atoms with Gasteiger partial charge in [0.1, 0.15) is 0 Å². The Morgan fingerprint density at radius 1 is 1.19 bits per heavy atom. The lowest BCUT2D eigenvalue weighted by Gasteiger charge is -2.32. The minimum atomic E-state index is 0.196. The van der Waals surface area contributed by atoms with Gasteiger partial charge in [-0.25, -0.2) is 0 Å². The number of rotatable bonds is 4. The van der Waals surface area contributed by atoms with E-state index >= 15 is 0 Å². The van der Waals surface area contributed by atoms with E-state index in [9.17, 15) is 0 Å². The average molecular weight is 355 g/mol. The van der Waals surface area contributed by atoms with Crippen LogP contribution in [0.5, 0.6) is 11.5 Å². The largest absolute Gasteiger partial charge is 0.493 e. The van der Waals surface area contributed by atoms with Crippen molar-refractivity contribution in [1.29, 1.82) is 0 Å². The molecule has 0 aliphatic carbocycles. The van der Waals surface area contributed by atoms with E-state index in [2.05, 4.69) is 25.2 Å². The van der Waals surface area contributed by atoms with E-state index in [1.807, 2.05) is 19.1 Å². The zero-order valence-electron chi connectivity index (χ0n) is 15.1. The van der Waals surface area contributed by atoms with Gasteiger partial charge in [0.25, 0.3) is 0 Å². The lowest BCUT2D eigenvalue weighted by atomic mass is 9.97. The second-order valence-corrected chi connectivity index (χ2v) is 6.43. The Kier molecular flexibility index (Phi) is 4.32. The highest BCUT2D eigenvalue weighted by Crippen LogP contribution is 2.37. The first kappa shape index (κ1) is 16.6. The van der Waals surface area contributed by atoms with Gasteiger partial charge >= 0.3 is 0 Å². The Labute approximate surface area is 151 Å². The van der Waals surface area contributed by atoms with Gasteiger partial charge in [0.2, 0.25) is 5.89 Å². The van der Waals surface area contributed by atoms with Crippen molar-refractivity contribution < 1.29 is 14.0 Å². The Morgan fingerprint density at radius 2 is 2.00 bits per heavy atom. The zero-order chi connectivity index (χ0) is 18.1. The van der Waals surface area contributed by atoms with Crippen LogP contribution in [0.1, 0.15) is 30.5 Å². The smallest absolute Gasteiger partial charge is 0.231 e. The minimum Gasteiger partial charge on any atom is -0.493 e. The van der Waals surface area contributed by atoms with Crippen molar-refractivity contribution in [2.45, 2.75) is 25.7 Å². The van der Waals surface area contributed by atoms with Crippen molar-refractivity contribution in [2.75, 3.05) is 32.2 Å². The first-order chi connectivity index (χ1) is 12.7. The number of hydrogen-bond donors (Lipinski definition) is 0. The summed E-state index contributed by atoms with van der Waals surface area (Å²) in [4.78, 5) is 6.63. The fourth-order valence-electron chi connectivity index (χ4n) is 3.48. The highest BCUT2D eigenvalue weighted by atomic mass is 16.5.